The molecule has 10 heteroatoms. The van der Waals surface area contributed by atoms with Crippen molar-refractivity contribution in [1.29, 1.82) is 0 Å². The van der Waals surface area contributed by atoms with Crippen LogP contribution in [0, 0.1) is 0 Å². The Balaban J connectivity index is 2.45. The summed E-state index contributed by atoms with van der Waals surface area (Å²) in [5, 5.41) is 25.4. The zero-order chi connectivity index (χ0) is 16.5. The highest BCUT2D eigenvalue weighted by Crippen LogP contribution is 2.42. The maximum Gasteiger partial charge on any atom is 0.218 e. The maximum atomic E-state index is 10.6. The Morgan fingerprint density at radius 3 is 2.32 bits per heavy atom. The quantitative estimate of drug-likeness (QED) is 0.763. The lowest BCUT2D eigenvalue weighted by atomic mass is 9.98. The van der Waals surface area contributed by atoms with E-state index >= 15 is 0 Å². The summed E-state index contributed by atoms with van der Waals surface area (Å²) >= 11 is 29.1. The van der Waals surface area contributed by atoms with Gasteiger partial charge in [-0.05, 0) is 12.1 Å². The minimum Gasteiger partial charge on any atom is -0.386 e. The van der Waals surface area contributed by atoms with Gasteiger partial charge in [0.05, 0.1) is 0 Å². The third kappa shape index (κ3) is 3.97. The van der Waals surface area contributed by atoms with Crippen LogP contribution in [0.3, 0.4) is 0 Å². The molecule has 1 heterocycles. The Kier molecular flexibility index (Phi) is 5.83. The van der Waals surface area contributed by atoms with Crippen molar-refractivity contribution in [1.82, 2.24) is 14.8 Å². The summed E-state index contributed by atoms with van der Waals surface area (Å²) in [5.74, 6) is 0. The average Bonchev–Trinajstić information content (AvgIpc) is 2.91. The van der Waals surface area contributed by atoms with E-state index in [1.807, 2.05) is 0 Å². The number of nitrogens with zero attached hydrogens (tertiary/aromatic N) is 3. The second-order valence-electron chi connectivity index (χ2n) is 4.46. The zero-order valence-electron chi connectivity index (χ0n) is 10.7. The van der Waals surface area contributed by atoms with E-state index in [4.69, 9.17) is 58.0 Å². The first-order chi connectivity index (χ1) is 10.2. The van der Waals surface area contributed by atoms with Crippen molar-refractivity contribution >= 4 is 58.0 Å². The lowest BCUT2D eigenvalue weighted by molar-refractivity contribution is 0.0144. The van der Waals surface area contributed by atoms with Crippen molar-refractivity contribution in [2.75, 3.05) is 0 Å². The Hall–Kier alpha value is -0.270. The fourth-order valence-electron chi connectivity index (χ4n) is 1.95. The second-order valence-corrected chi connectivity index (χ2v) is 7.68. The molecule has 0 bridgehead atoms. The van der Waals surface area contributed by atoms with Crippen LogP contribution < -0.4 is 0 Å². The van der Waals surface area contributed by atoms with Gasteiger partial charge in [0.1, 0.15) is 30.9 Å². The number of hydrogen-bond acceptors (Lipinski definition) is 4. The van der Waals surface area contributed by atoms with Gasteiger partial charge in [-0.1, -0.05) is 64.1 Å². The van der Waals surface area contributed by atoms with Crippen LogP contribution in [0.25, 0.3) is 0 Å². The largest absolute Gasteiger partial charge is 0.386 e. The highest BCUT2D eigenvalue weighted by molar-refractivity contribution is 6.68. The fourth-order valence-corrected chi connectivity index (χ4v) is 2.86. The second kappa shape index (κ2) is 7.09. The number of hydrogen-bond donors (Lipinski definition) is 2. The lowest BCUT2D eigenvalue weighted by Gasteiger charge is -2.31. The molecule has 3 unspecified atom stereocenters. The Bertz CT molecular complexity index is 632. The summed E-state index contributed by atoms with van der Waals surface area (Å²) in [6.07, 6.45) is -0.357. The van der Waals surface area contributed by atoms with Crippen molar-refractivity contribution in [3.63, 3.8) is 0 Å². The van der Waals surface area contributed by atoms with Crippen molar-refractivity contribution in [2.24, 2.45) is 0 Å². The number of aromatic nitrogens is 3. The van der Waals surface area contributed by atoms with E-state index in [1.165, 1.54) is 29.5 Å². The van der Waals surface area contributed by atoms with Crippen LogP contribution in [0.15, 0.2) is 30.9 Å². The number of aliphatic hydroxyl groups excluding tert-OH is 2. The van der Waals surface area contributed by atoms with Gasteiger partial charge in [-0.25, -0.2) is 9.67 Å². The predicted molar refractivity (Wildman–Crippen MR) is 86.8 cm³/mol. The van der Waals surface area contributed by atoms with Crippen LogP contribution in [0.1, 0.15) is 17.7 Å². The van der Waals surface area contributed by atoms with Gasteiger partial charge in [0.15, 0.2) is 0 Å². The molecule has 0 spiro atoms. The molecule has 0 fully saturated rings. The van der Waals surface area contributed by atoms with Crippen molar-refractivity contribution < 1.29 is 10.2 Å². The van der Waals surface area contributed by atoms with E-state index in [0.29, 0.717) is 10.6 Å². The summed E-state index contributed by atoms with van der Waals surface area (Å²) in [5.41, 5.74) is 0.305. The molecule has 0 saturated carbocycles. The predicted octanol–water partition coefficient (Wildman–Crippen LogP) is 3.59. The number of aliphatic hydroxyl groups is 2. The van der Waals surface area contributed by atoms with E-state index < -0.39 is 22.0 Å². The molecule has 0 aliphatic carbocycles. The molecule has 3 atom stereocenters. The molecule has 0 aliphatic heterocycles. The summed E-state index contributed by atoms with van der Waals surface area (Å²) < 4.78 is -0.849. The first-order valence-corrected chi connectivity index (χ1v) is 7.82. The molecular weight excluding hydrogens is 395 g/mol. The molecule has 120 valence electrons. The van der Waals surface area contributed by atoms with Gasteiger partial charge >= 0.3 is 0 Å². The van der Waals surface area contributed by atoms with Gasteiger partial charge < -0.3 is 10.2 Å². The highest BCUT2D eigenvalue weighted by Gasteiger charge is 2.43. The van der Waals surface area contributed by atoms with E-state index in [0.717, 1.165) is 0 Å². The molecule has 0 saturated heterocycles. The van der Waals surface area contributed by atoms with Crippen LogP contribution in [-0.2, 0) is 0 Å². The minimum absolute atomic E-state index is 0.210. The third-order valence-electron chi connectivity index (χ3n) is 3.01. The monoisotopic (exact) mass is 403 g/mol. The summed E-state index contributed by atoms with van der Waals surface area (Å²) in [6, 6.07) is 3.41. The summed E-state index contributed by atoms with van der Waals surface area (Å²) in [7, 11) is 0. The molecule has 0 radical (unpaired) electrons. The summed E-state index contributed by atoms with van der Waals surface area (Å²) in [4.78, 5) is 3.77. The van der Waals surface area contributed by atoms with Crippen molar-refractivity contribution in [3.8, 4) is 0 Å². The molecule has 0 aliphatic rings. The molecule has 2 aromatic rings. The Labute approximate surface area is 151 Å². The van der Waals surface area contributed by atoms with Crippen molar-refractivity contribution in [2.45, 2.75) is 22.0 Å². The number of alkyl halides is 3. The first-order valence-electron chi connectivity index (χ1n) is 5.93. The smallest absolute Gasteiger partial charge is 0.218 e. The number of halogens is 5. The number of benzene rings is 1. The van der Waals surface area contributed by atoms with E-state index in [-0.39, 0.29) is 5.02 Å². The first kappa shape index (κ1) is 18.1. The molecule has 22 heavy (non-hydrogen) atoms. The average molecular weight is 405 g/mol. The molecule has 0 amide bonds. The molecule has 1 aromatic heterocycles. The molecule has 2 rings (SSSR count). The van der Waals surface area contributed by atoms with Gasteiger partial charge in [-0.3, -0.25) is 0 Å². The Morgan fingerprint density at radius 2 is 1.82 bits per heavy atom. The number of rotatable bonds is 4. The van der Waals surface area contributed by atoms with Crippen LogP contribution in [-0.4, -0.2) is 34.9 Å². The van der Waals surface area contributed by atoms with E-state index in [1.54, 1.807) is 6.07 Å². The van der Waals surface area contributed by atoms with Crippen LogP contribution in [0.4, 0.5) is 0 Å². The van der Waals surface area contributed by atoms with E-state index in [2.05, 4.69) is 10.1 Å². The molecule has 1 aromatic carbocycles. The maximum absolute atomic E-state index is 10.6. The standard InChI is InChI=1S/C12H10Cl5N3O2/c13-6-1-2-7(8(14)3-6)10(21)9(11(22)12(15,16)17)20-5-18-4-19-20/h1-5,9-11,21-22H. The zero-order valence-corrected chi connectivity index (χ0v) is 14.5. The van der Waals surface area contributed by atoms with Gasteiger partial charge in [0.2, 0.25) is 3.79 Å². The van der Waals surface area contributed by atoms with Crippen LogP contribution >= 0.6 is 58.0 Å². The van der Waals surface area contributed by atoms with E-state index in [9.17, 15) is 10.2 Å². The fraction of sp³-hybridized carbons (Fsp3) is 0.333. The molecule has 2 N–H and O–H groups in total. The highest BCUT2D eigenvalue weighted by atomic mass is 35.6. The molecular formula is C12H10Cl5N3O2. The van der Waals surface area contributed by atoms with Gasteiger partial charge in [-0.15, -0.1) is 0 Å². The Morgan fingerprint density at radius 1 is 1.14 bits per heavy atom. The normalized spacial score (nSPS) is 16.3. The lowest BCUT2D eigenvalue weighted by Crippen LogP contribution is -2.39. The third-order valence-corrected chi connectivity index (χ3v) is 4.24. The minimum atomic E-state index is -2.05. The van der Waals surface area contributed by atoms with Gasteiger partial charge in [-0.2, -0.15) is 5.10 Å². The SMILES string of the molecule is OC(c1ccc(Cl)cc1Cl)C(C(O)C(Cl)(Cl)Cl)n1cncn1. The molecule has 5 nitrogen and oxygen atoms in total. The van der Waals surface area contributed by atoms with Gasteiger partial charge in [0, 0.05) is 15.6 Å². The van der Waals surface area contributed by atoms with Gasteiger partial charge in [0.25, 0.3) is 0 Å². The summed E-state index contributed by atoms with van der Waals surface area (Å²) in [6.45, 7) is 0. The van der Waals surface area contributed by atoms with Crippen LogP contribution in [0.2, 0.25) is 10.0 Å². The topological polar surface area (TPSA) is 71.2 Å². The van der Waals surface area contributed by atoms with Crippen LogP contribution in [0.5, 0.6) is 0 Å². The van der Waals surface area contributed by atoms with Crippen molar-refractivity contribution in [3.05, 3.63) is 46.5 Å².